The van der Waals surface area contributed by atoms with Crippen molar-refractivity contribution in [2.75, 3.05) is 0 Å². The largest absolute Gasteiger partial charge is 0.448 e. The smallest absolute Gasteiger partial charge is 0.352 e. The lowest BCUT2D eigenvalue weighted by atomic mass is 10.3. The van der Waals surface area contributed by atoms with Crippen molar-refractivity contribution in [3.05, 3.63) is 18.2 Å². The van der Waals surface area contributed by atoms with Crippen LogP contribution in [0.15, 0.2) is 27.5 Å². The quantitative estimate of drug-likeness (QED) is 0.358. The molecule has 1 unspecified atom stereocenters. The Morgan fingerprint density at radius 3 is 2.68 bits per heavy atom. The van der Waals surface area contributed by atoms with Crippen LogP contribution >= 0.6 is 0 Å². The Kier molecular flexibility index (Phi) is 2.92. The average Bonchev–Trinajstić information content (AvgIpc) is 3.02. The first kappa shape index (κ1) is 14.4. The standard InChI is InChI=1S/C13H10O8S/c1-5(2)12(14)18-6(3)13(15)20-9-7-4-8-10(19-7)11(9)21-22(8,16)17/h4,6H,1H2,2-3H3. The maximum atomic E-state index is 11.9. The minimum atomic E-state index is -3.92. The molecule has 22 heavy (non-hydrogen) atoms. The van der Waals surface area contributed by atoms with Gasteiger partial charge in [-0.25, -0.2) is 9.59 Å². The summed E-state index contributed by atoms with van der Waals surface area (Å²) < 4.78 is 43.0. The van der Waals surface area contributed by atoms with Crippen molar-refractivity contribution in [1.29, 1.82) is 0 Å². The first-order valence-corrected chi connectivity index (χ1v) is 7.53. The zero-order valence-electron chi connectivity index (χ0n) is 11.5. The summed E-state index contributed by atoms with van der Waals surface area (Å²) in [4.78, 5) is 23.2. The van der Waals surface area contributed by atoms with Crippen LogP contribution < -0.4 is 8.92 Å². The van der Waals surface area contributed by atoms with Gasteiger partial charge in [0.15, 0.2) is 22.2 Å². The second kappa shape index (κ2) is 4.47. The molecule has 0 radical (unpaired) electrons. The highest BCUT2D eigenvalue weighted by atomic mass is 32.2. The van der Waals surface area contributed by atoms with Gasteiger partial charge < -0.3 is 18.1 Å². The van der Waals surface area contributed by atoms with E-state index in [9.17, 15) is 18.0 Å². The molecule has 1 atom stereocenters. The normalized spacial score (nSPS) is 16.3. The monoisotopic (exact) mass is 326 g/mol. The fraction of sp³-hybridized carbons (Fsp3) is 0.231. The Hall–Kier alpha value is -2.55. The summed E-state index contributed by atoms with van der Waals surface area (Å²) in [6, 6.07) is 1.20. The molecule has 0 fully saturated rings. The topological polar surface area (TPSA) is 109 Å². The van der Waals surface area contributed by atoms with Gasteiger partial charge in [-0.2, -0.15) is 8.42 Å². The molecule has 2 bridgehead atoms. The van der Waals surface area contributed by atoms with Crippen molar-refractivity contribution in [2.24, 2.45) is 0 Å². The Labute approximate surface area is 124 Å². The molecule has 0 N–H and O–H groups in total. The Bertz CT molecular complexity index is 904. The van der Waals surface area contributed by atoms with Gasteiger partial charge in [0.1, 0.15) is 0 Å². The van der Waals surface area contributed by atoms with Crippen molar-refractivity contribution < 1.29 is 36.1 Å². The van der Waals surface area contributed by atoms with Crippen LogP contribution in [0.2, 0.25) is 0 Å². The second-order valence-corrected chi connectivity index (χ2v) is 6.26. The summed E-state index contributed by atoms with van der Waals surface area (Å²) in [5.74, 6) is -1.96. The molecule has 8 nitrogen and oxygen atoms in total. The van der Waals surface area contributed by atoms with Crippen LogP contribution in [0.1, 0.15) is 13.8 Å². The van der Waals surface area contributed by atoms with Gasteiger partial charge in [-0.05, 0) is 13.8 Å². The lowest BCUT2D eigenvalue weighted by molar-refractivity contribution is -0.158. The van der Waals surface area contributed by atoms with E-state index in [0.29, 0.717) is 0 Å². The van der Waals surface area contributed by atoms with Crippen molar-refractivity contribution >= 4 is 33.2 Å². The van der Waals surface area contributed by atoms with Crippen molar-refractivity contribution in [3.8, 4) is 11.5 Å². The van der Waals surface area contributed by atoms with Crippen LogP contribution in [0.25, 0.3) is 11.2 Å². The lowest BCUT2D eigenvalue weighted by Gasteiger charge is -2.11. The molecule has 0 aliphatic carbocycles. The van der Waals surface area contributed by atoms with E-state index < -0.39 is 28.2 Å². The highest BCUT2D eigenvalue weighted by molar-refractivity contribution is 7.87. The van der Waals surface area contributed by atoms with E-state index in [-0.39, 0.29) is 33.1 Å². The second-order valence-electron chi connectivity index (χ2n) is 4.75. The van der Waals surface area contributed by atoms with E-state index in [1.807, 2.05) is 0 Å². The minimum Gasteiger partial charge on any atom is -0.448 e. The maximum absolute atomic E-state index is 11.9. The number of benzene rings is 1. The third kappa shape index (κ3) is 2.01. The molecule has 9 heteroatoms. The Morgan fingerprint density at radius 1 is 1.36 bits per heavy atom. The van der Waals surface area contributed by atoms with Gasteiger partial charge in [0.25, 0.3) is 0 Å². The highest BCUT2D eigenvalue weighted by Gasteiger charge is 2.41. The van der Waals surface area contributed by atoms with Crippen LogP contribution in [0.3, 0.4) is 0 Å². The predicted octanol–water partition coefficient (Wildman–Crippen LogP) is 1.36. The molecular weight excluding hydrogens is 316 g/mol. The van der Waals surface area contributed by atoms with Gasteiger partial charge in [-0.15, -0.1) is 0 Å². The molecule has 2 aromatic heterocycles. The van der Waals surface area contributed by atoms with Crippen LogP contribution in [0, 0.1) is 0 Å². The van der Waals surface area contributed by atoms with E-state index in [0.717, 1.165) is 0 Å². The maximum Gasteiger partial charge on any atom is 0.352 e. The summed E-state index contributed by atoms with van der Waals surface area (Å²) in [7, 11) is -3.92. The van der Waals surface area contributed by atoms with E-state index in [4.69, 9.17) is 18.1 Å². The molecular formula is C13H10O8S. The molecule has 0 amide bonds. The van der Waals surface area contributed by atoms with Gasteiger partial charge in [0, 0.05) is 11.6 Å². The zero-order valence-corrected chi connectivity index (χ0v) is 12.4. The van der Waals surface area contributed by atoms with Crippen molar-refractivity contribution in [2.45, 2.75) is 24.8 Å². The number of hydrogen-bond donors (Lipinski definition) is 0. The van der Waals surface area contributed by atoms with Crippen LogP contribution in [-0.4, -0.2) is 26.5 Å². The molecule has 1 aliphatic rings. The van der Waals surface area contributed by atoms with Crippen LogP contribution in [0.4, 0.5) is 0 Å². The summed E-state index contributed by atoms with van der Waals surface area (Å²) in [6.07, 6.45) is -1.21. The zero-order chi connectivity index (χ0) is 16.2. The third-order valence-electron chi connectivity index (χ3n) is 2.96. The first-order valence-electron chi connectivity index (χ1n) is 6.12. The summed E-state index contributed by atoms with van der Waals surface area (Å²) in [6.45, 7) is 6.14. The Balaban J connectivity index is 1.79. The van der Waals surface area contributed by atoms with Gasteiger partial charge in [0.2, 0.25) is 11.5 Å². The number of furan rings is 2. The highest BCUT2D eigenvalue weighted by Crippen LogP contribution is 2.51. The molecule has 1 aliphatic heterocycles. The minimum absolute atomic E-state index is 0.00406. The number of fused-ring (bicyclic) bond motifs is 1. The number of rotatable bonds is 4. The van der Waals surface area contributed by atoms with Crippen molar-refractivity contribution in [3.63, 3.8) is 0 Å². The molecule has 3 rings (SSSR count). The van der Waals surface area contributed by atoms with E-state index in [2.05, 4.69) is 6.58 Å². The third-order valence-corrected chi connectivity index (χ3v) is 4.19. The lowest BCUT2D eigenvalue weighted by Crippen LogP contribution is -2.28. The van der Waals surface area contributed by atoms with Crippen LogP contribution in [0.5, 0.6) is 11.5 Å². The SMILES string of the molecule is C=C(C)C(=O)OC(C)C(=O)Oc1c2c3oc1cc3S(=O)(=O)O2. The molecule has 0 spiro atoms. The van der Waals surface area contributed by atoms with Crippen LogP contribution in [-0.2, 0) is 24.4 Å². The molecule has 0 saturated carbocycles. The molecule has 0 aromatic carbocycles. The Morgan fingerprint density at radius 2 is 2.05 bits per heavy atom. The number of carbonyl (C=O) groups is 2. The van der Waals surface area contributed by atoms with Gasteiger partial charge >= 0.3 is 22.1 Å². The summed E-state index contributed by atoms with van der Waals surface area (Å²) in [5.41, 5.74) is 0.199. The number of ether oxygens (including phenoxy) is 2. The summed E-state index contributed by atoms with van der Waals surface area (Å²) in [5, 5.41) is 0. The van der Waals surface area contributed by atoms with Crippen molar-refractivity contribution in [1.82, 2.24) is 0 Å². The number of esters is 2. The van der Waals surface area contributed by atoms with E-state index in [1.54, 1.807) is 0 Å². The molecule has 2 aromatic rings. The van der Waals surface area contributed by atoms with E-state index >= 15 is 0 Å². The number of carbonyl (C=O) groups excluding carboxylic acids is 2. The van der Waals surface area contributed by atoms with Gasteiger partial charge in [-0.1, -0.05) is 6.58 Å². The predicted molar refractivity (Wildman–Crippen MR) is 71.2 cm³/mol. The molecule has 116 valence electrons. The molecule has 0 saturated heterocycles. The summed E-state index contributed by atoms with van der Waals surface area (Å²) >= 11 is 0. The van der Waals surface area contributed by atoms with E-state index in [1.165, 1.54) is 19.9 Å². The number of hydrogen-bond acceptors (Lipinski definition) is 8. The fourth-order valence-electron chi connectivity index (χ4n) is 1.86. The van der Waals surface area contributed by atoms with Gasteiger partial charge in [-0.3, -0.25) is 0 Å². The van der Waals surface area contributed by atoms with Gasteiger partial charge in [0.05, 0.1) is 0 Å². The first-order chi connectivity index (χ1) is 10.2. The average molecular weight is 326 g/mol. The fourth-order valence-corrected chi connectivity index (χ4v) is 2.94. The molecule has 3 heterocycles.